The number of rotatable bonds is 3. The van der Waals surface area contributed by atoms with Crippen molar-refractivity contribution in [1.82, 2.24) is 9.97 Å². The molecule has 1 heterocycles. The summed E-state index contributed by atoms with van der Waals surface area (Å²) in [6.45, 7) is 0. The summed E-state index contributed by atoms with van der Waals surface area (Å²) >= 11 is 0. The molecule has 22 heavy (non-hydrogen) atoms. The first-order valence-electron chi connectivity index (χ1n) is 6.37. The van der Waals surface area contributed by atoms with Crippen molar-refractivity contribution in [3.05, 3.63) is 54.5 Å². The molecule has 0 aliphatic carbocycles. The van der Waals surface area contributed by atoms with Crippen molar-refractivity contribution in [3.8, 4) is 11.8 Å². The van der Waals surface area contributed by atoms with Crippen LogP contribution in [0.2, 0.25) is 0 Å². The van der Waals surface area contributed by atoms with Gasteiger partial charge in [0.25, 0.3) is 0 Å². The molecule has 1 aromatic heterocycles. The molecule has 0 unspecified atom stereocenters. The highest BCUT2D eigenvalue weighted by Gasteiger charge is 2.04. The lowest BCUT2D eigenvalue weighted by molar-refractivity contribution is 0.259. The van der Waals surface area contributed by atoms with Gasteiger partial charge in [0.2, 0.25) is 0 Å². The summed E-state index contributed by atoms with van der Waals surface area (Å²) in [6.07, 6.45) is 1.56. The van der Waals surface area contributed by atoms with Gasteiger partial charge in [0, 0.05) is 23.3 Å². The lowest BCUT2D eigenvalue weighted by Gasteiger charge is -2.06. The monoisotopic (exact) mass is 298 g/mol. The summed E-state index contributed by atoms with van der Waals surface area (Å²) in [5, 5.41) is 3.15. The molecule has 0 fully saturated rings. The number of nitrogens with one attached hydrogen (secondary N) is 1. The average molecular weight is 298 g/mol. The van der Waals surface area contributed by atoms with Gasteiger partial charge in [0.15, 0.2) is 0 Å². The number of benzene rings is 2. The van der Waals surface area contributed by atoms with Crippen molar-refractivity contribution in [2.75, 3.05) is 5.32 Å². The van der Waals surface area contributed by atoms with E-state index in [1.54, 1.807) is 36.5 Å². The van der Waals surface area contributed by atoms with Gasteiger partial charge >= 0.3 is 12.0 Å². The van der Waals surface area contributed by atoms with Crippen LogP contribution in [0.1, 0.15) is 0 Å². The Morgan fingerprint density at radius 2 is 1.95 bits per heavy atom. The molecule has 0 aliphatic rings. The summed E-state index contributed by atoms with van der Waals surface area (Å²) in [7, 11) is 0. The minimum absolute atomic E-state index is 0.105. The predicted molar refractivity (Wildman–Crippen MR) is 79.2 cm³/mol. The SMILES string of the molecule is NC(=O)Nc1ccc(Oc2ncc3ccc(F)cc3n2)cc1. The van der Waals surface area contributed by atoms with Gasteiger partial charge in [-0.1, -0.05) is 0 Å². The van der Waals surface area contributed by atoms with Crippen molar-refractivity contribution in [2.24, 2.45) is 5.73 Å². The van der Waals surface area contributed by atoms with E-state index >= 15 is 0 Å². The number of nitrogens with two attached hydrogens (primary N) is 1. The Balaban J connectivity index is 1.81. The highest BCUT2D eigenvalue weighted by molar-refractivity contribution is 5.87. The zero-order chi connectivity index (χ0) is 15.5. The lowest BCUT2D eigenvalue weighted by atomic mass is 10.2. The maximum atomic E-state index is 13.2. The highest BCUT2D eigenvalue weighted by Crippen LogP contribution is 2.22. The van der Waals surface area contributed by atoms with Crippen LogP contribution in [0.3, 0.4) is 0 Å². The normalized spacial score (nSPS) is 10.4. The van der Waals surface area contributed by atoms with Crippen LogP contribution < -0.4 is 15.8 Å². The van der Waals surface area contributed by atoms with Gasteiger partial charge < -0.3 is 15.8 Å². The molecule has 7 heteroatoms. The largest absolute Gasteiger partial charge is 0.424 e. The van der Waals surface area contributed by atoms with Crippen LogP contribution in [-0.4, -0.2) is 16.0 Å². The number of halogens is 1. The zero-order valence-corrected chi connectivity index (χ0v) is 11.3. The van der Waals surface area contributed by atoms with Crippen LogP contribution in [0.4, 0.5) is 14.9 Å². The summed E-state index contributed by atoms with van der Waals surface area (Å²) < 4.78 is 18.7. The van der Waals surface area contributed by atoms with Gasteiger partial charge in [-0.05, 0) is 36.4 Å². The second-order valence-electron chi connectivity index (χ2n) is 4.47. The number of carbonyl (C=O) groups excluding carboxylic acids is 1. The smallest absolute Gasteiger partial charge is 0.322 e. The Labute approximate surface area is 124 Å². The maximum absolute atomic E-state index is 13.2. The number of anilines is 1. The van der Waals surface area contributed by atoms with Crippen LogP contribution in [0.5, 0.6) is 11.8 Å². The molecule has 3 N–H and O–H groups in total. The number of amides is 2. The molecule has 0 bridgehead atoms. The van der Waals surface area contributed by atoms with E-state index < -0.39 is 6.03 Å². The van der Waals surface area contributed by atoms with Crippen LogP contribution in [-0.2, 0) is 0 Å². The molecule has 3 rings (SSSR count). The van der Waals surface area contributed by atoms with Crippen LogP contribution in [0, 0.1) is 5.82 Å². The molecule has 110 valence electrons. The summed E-state index contributed by atoms with van der Waals surface area (Å²) in [5.41, 5.74) is 6.02. The van der Waals surface area contributed by atoms with Crippen molar-refractivity contribution in [2.45, 2.75) is 0 Å². The number of hydrogen-bond donors (Lipinski definition) is 2. The number of nitrogens with zero attached hydrogens (tertiary/aromatic N) is 2. The second kappa shape index (κ2) is 5.65. The number of primary amides is 1. The van der Waals surface area contributed by atoms with Crippen molar-refractivity contribution < 1.29 is 13.9 Å². The van der Waals surface area contributed by atoms with E-state index in [0.29, 0.717) is 17.0 Å². The number of hydrogen-bond acceptors (Lipinski definition) is 4. The van der Waals surface area contributed by atoms with E-state index in [1.807, 2.05) is 0 Å². The fraction of sp³-hybridized carbons (Fsp3) is 0. The minimum atomic E-state index is -0.645. The predicted octanol–water partition coefficient (Wildman–Crippen LogP) is 3.05. The number of urea groups is 1. The van der Waals surface area contributed by atoms with Crippen molar-refractivity contribution in [3.63, 3.8) is 0 Å². The number of aromatic nitrogens is 2. The van der Waals surface area contributed by atoms with Crippen LogP contribution >= 0.6 is 0 Å². The first-order valence-corrected chi connectivity index (χ1v) is 6.37. The molecular formula is C15H11FN4O2. The number of fused-ring (bicyclic) bond motifs is 1. The fourth-order valence-corrected chi connectivity index (χ4v) is 1.88. The molecule has 0 radical (unpaired) electrons. The van der Waals surface area contributed by atoms with E-state index in [9.17, 15) is 9.18 Å². The van der Waals surface area contributed by atoms with Gasteiger partial charge in [-0.3, -0.25) is 0 Å². The van der Waals surface area contributed by atoms with Gasteiger partial charge in [0.05, 0.1) is 5.52 Å². The Hall–Kier alpha value is -3.22. The van der Waals surface area contributed by atoms with Gasteiger partial charge in [-0.25, -0.2) is 14.2 Å². The summed E-state index contributed by atoms with van der Waals surface area (Å²) in [4.78, 5) is 18.9. The minimum Gasteiger partial charge on any atom is -0.424 e. The van der Waals surface area contributed by atoms with Crippen LogP contribution in [0.15, 0.2) is 48.7 Å². The van der Waals surface area contributed by atoms with E-state index in [0.717, 1.165) is 5.39 Å². The molecule has 2 aromatic carbocycles. The third kappa shape index (κ3) is 3.09. The maximum Gasteiger partial charge on any atom is 0.322 e. The van der Waals surface area contributed by atoms with E-state index in [2.05, 4.69) is 15.3 Å². The van der Waals surface area contributed by atoms with Gasteiger partial charge in [0.1, 0.15) is 11.6 Å². The molecular weight excluding hydrogens is 287 g/mol. The molecule has 0 aliphatic heterocycles. The molecule has 0 saturated carbocycles. The van der Waals surface area contributed by atoms with Gasteiger partial charge in [-0.2, -0.15) is 4.98 Å². The first kappa shape index (κ1) is 13.7. The van der Waals surface area contributed by atoms with Crippen molar-refractivity contribution >= 4 is 22.6 Å². The van der Waals surface area contributed by atoms with E-state index in [-0.39, 0.29) is 11.8 Å². The fourth-order valence-electron chi connectivity index (χ4n) is 1.88. The number of carbonyl (C=O) groups is 1. The quantitative estimate of drug-likeness (QED) is 0.777. The molecule has 3 aromatic rings. The topological polar surface area (TPSA) is 90.1 Å². The Kier molecular flexibility index (Phi) is 3.53. The van der Waals surface area contributed by atoms with Gasteiger partial charge in [-0.15, -0.1) is 0 Å². The van der Waals surface area contributed by atoms with E-state index in [4.69, 9.17) is 10.5 Å². The Morgan fingerprint density at radius 3 is 2.68 bits per heavy atom. The number of ether oxygens (including phenoxy) is 1. The zero-order valence-electron chi connectivity index (χ0n) is 11.3. The molecule has 2 amide bonds. The molecule has 0 atom stereocenters. The third-order valence-electron chi connectivity index (χ3n) is 2.85. The van der Waals surface area contributed by atoms with E-state index in [1.165, 1.54) is 12.1 Å². The highest BCUT2D eigenvalue weighted by atomic mass is 19.1. The third-order valence-corrected chi connectivity index (χ3v) is 2.85. The molecule has 6 nitrogen and oxygen atoms in total. The molecule has 0 saturated heterocycles. The van der Waals surface area contributed by atoms with Crippen LogP contribution in [0.25, 0.3) is 10.9 Å². The average Bonchev–Trinajstić information content (AvgIpc) is 2.48. The summed E-state index contributed by atoms with van der Waals surface area (Å²) in [5.74, 6) is 0.102. The lowest BCUT2D eigenvalue weighted by Crippen LogP contribution is -2.19. The Morgan fingerprint density at radius 1 is 1.18 bits per heavy atom. The second-order valence-corrected chi connectivity index (χ2v) is 4.47. The van der Waals surface area contributed by atoms with Crippen molar-refractivity contribution in [1.29, 1.82) is 0 Å². The summed E-state index contributed by atoms with van der Waals surface area (Å²) in [6, 6.07) is 10.2. The standard InChI is InChI=1S/C15H11FN4O2/c16-10-2-1-9-8-18-15(20-13(9)7-10)22-12-5-3-11(4-6-12)19-14(17)21/h1-8H,(H3,17,19,21). The first-order chi connectivity index (χ1) is 10.6. The molecule has 0 spiro atoms. The Bertz CT molecular complexity index is 837.